The molecule has 0 bridgehead atoms. The summed E-state index contributed by atoms with van der Waals surface area (Å²) in [5.74, 6) is 0. The van der Waals surface area contributed by atoms with Crippen molar-refractivity contribution in [3.63, 3.8) is 0 Å². The van der Waals surface area contributed by atoms with E-state index in [1.54, 1.807) is 0 Å². The van der Waals surface area contributed by atoms with Gasteiger partial charge in [-0.1, -0.05) is 44.1 Å². The third-order valence-electron chi connectivity index (χ3n) is 1.50. The van der Waals surface area contributed by atoms with Crippen LogP contribution >= 0.6 is 0 Å². The summed E-state index contributed by atoms with van der Waals surface area (Å²) in [4.78, 5) is 0. The summed E-state index contributed by atoms with van der Waals surface area (Å²) in [6, 6.07) is 0. The molecule has 0 amide bonds. The van der Waals surface area contributed by atoms with E-state index in [0.717, 1.165) is 0 Å². The largest absolute Gasteiger partial charge is 0.100 e. The van der Waals surface area contributed by atoms with Crippen molar-refractivity contribution in [3.05, 3.63) is 12.2 Å². The zero-order chi connectivity index (χ0) is 7.82. The lowest BCUT2D eigenvalue weighted by Gasteiger charge is -2.05. The molecule has 0 radical (unpaired) electrons. The first-order valence-corrected chi connectivity index (χ1v) is 4.35. The monoisotopic (exact) mass is 140 g/mol. The highest BCUT2D eigenvalue weighted by molar-refractivity contribution is 4.78. The molecule has 1 saturated carbocycles. The molecular formula is C10H20. The Morgan fingerprint density at radius 3 is 1.00 bits per heavy atom. The van der Waals surface area contributed by atoms with E-state index < -0.39 is 0 Å². The van der Waals surface area contributed by atoms with E-state index >= 15 is 0 Å². The maximum absolute atomic E-state index is 3.56. The first-order valence-electron chi connectivity index (χ1n) is 4.35. The number of rotatable bonds is 0. The number of hydrogen-bond donors (Lipinski definition) is 0. The minimum absolute atomic E-state index is 1.17. The molecule has 0 heterocycles. The van der Waals surface area contributed by atoms with Crippen LogP contribution in [0, 0.1) is 0 Å². The summed E-state index contributed by atoms with van der Waals surface area (Å²) in [7, 11) is 0. The van der Waals surface area contributed by atoms with Crippen LogP contribution in [0.4, 0.5) is 0 Å². The molecule has 1 aliphatic carbocycles. The molecule has 10 heavy (non-hydrogen) atoms. The van der Waals surface area contributed by atoms with Crippen LogP contribution in [0.15, 0.2) is 12.2 Å². The Kier molecular flexibility index (Phi) is 6.68. The fourth-order valence-corrected chi connectivity index (χ4v) is 1.06. The highest BCUT2D eigenvalue weighted by Crippen LogP contribution is 2.15. The third-order valence-corrected chi connectivity index (χ3v) is 1.50. The summed E-state index contributed by atoms with van der Waals surface area (Å²) in [6.07, 6.45) is 9.00. The molecule has 1 fully saturated rings. The summed E-state index contributed by atoms with van der Waals surface area (Å²) in [6.45, 7) is 7.50. The van der Waals surface area contributed by atoms with Crippen molar-refractivity contribution >= 4 is 0 Å². The van der Waals surface area contributed by atoms with Crippen LogP contribution in [0.2, 0.25) is 0 Å². The zero-order valence-electron chi connectivity index (χ0n) is 7.45. The van der Waals surface area contributed by atoms with Crippen molar-refractivity contribution in [2.75, 3.05) is 0 Å². The molecule has 0 aliphatic heterocycles. The van der Waals surface area contributed by atoms with Gasteiger partial charge in [0.15, 0.2) is 0 Å². The van der Waals surface area contributed by atoms with Gasteiger partial charge in [-0.25, -0.2) is 0 Å². The Hall–Kier alpha value is -0.260. The molecule has 0 aromatic carbocycles. The van der Waals surface area contributed by atoms with E-state index in [1.807, 2.05) is 13.8 Å². The van der Waals surface area contributed by atoms with Crippen molar-refractivity contribution in [3.8, 4) is 0 Å². The Morgan fingerprint density at radius 1 is 0.800 bits per heavy atom. The van der Waals surface area contributed by atoms with Gasteiger partial charge in [-0.05, 0) is 13.8 Å². The maximum atomic E-state index is 3.56. The van der Waals surface area contributed by atoms with E-state index in [-0.39, 0.29) is 0 Å². The first-order chi connectivity index (χ1) is 4.73. The zero-order valence-corrected chi connectivity index (χ0v) is 7.45. The average Bonchev–Trinajstić information content (AvgIpc) is 1.90. The molecule has 0 atom stereocenters. The van der Waals surface area contributed by atoms with Crippen molar-refractivity contribution < 1.29 is 0 Å². The normalized spacial score (nSPS) is 17.0. The van der Waals surface area contributed by atoms with Gasteiger partial charge in [0.2, 0.25) is 0 Å². The van der Waals surface area contributed by atoms with Crippen LogP contribution in [0.1, 0.15) is 52.4 Å². The van der Waals surface area contributed by atoms with E-state index in [0.29, 0.717) is 0 Å². The average molecular weight is 140 g/mol. The summed E-state index contributed by atoms with van der Waals surface area (Å²) >= 11 is 0. The van der Waals surface area contributed by atoms with Crippen LogP contribution in [0.25, 0.3) is 0 Å². The highest BCUT2D eigenvalue weighted by Gasteiger charge is 1.95. The predicted molar refractivity (Wildman–Crippen MR) is 48.2 cm³/mol. The minimum atomic E-state index is 1.17. The van der Waals surface area contributed by atoms with Crippen molar-refractivity contribution in [1.82, 2.24) is 0 Å². The molecule has 0 aromatic rings. The van der Waals surface area contributed by atoms with Gasteiger partial charge in [0.1, 0.15) is 0 Å². The van der Waals surface area contributed by atoms with Crippen LogP contribution in [0.5, 0.6) is 0 Å². The van der Waals surface area contributed by atoms with Crippen molar-refractivity contribution in [1.29, 1.82) is 0 Å². The van der Waals surface area contributed by atoms with Gasteiger partial charge in [-0.2, -0.15) is 0 Å². The van der Waals surface area contributed by atoms with Crippen LogP contribution < -0.4 is 0 Å². The molecule has 1 aliphatic rings. The molecule has 0 unspecified atom stereocenters. The van der Waals surface area contributed by atoms with Gasteiger partial charge in [0.05, 0.1) is 0 Å². The maximum Gasteiger partial charge on any atom is -0.0445 e. The molecule has 0 nitrogen and oxygen atoms in total. The molecule has 0 aromatic heterocycles. The Bertz CT molecular complexity index is 62.5. The molecule has 0 N–H and O–H groups in total. The highest BCUT2D eigenvalue weighted by atomic mass is 14.0. The first kappa shape index (κ1) is 9.74. The van der Waals surface area contributed by atoms with E-state index in [4.69, 9.17) is 0 Å². The molecule has 0 spiro atoms. The quantitative estimate of drug-likeness (QED) is 0.447. The summed E-state index contributed by atoms with van der Waals surface area (Å²) in [5.41, 5.74) is 1.17. The summed E-state index contributed by atoms with van der Waals surface area (Å²) in [5, 5.41) is 0. The van der Waals surface area contributed by atoms with E-state index in [1.165, 1.54) is 44.1 Å². The van der Waals surface area contributed by atoms with Gasteiger partial charge >= 0.3 is 0 Å². The fourth-order valence-electron chi connectivity index (χ4n) is 1.06. The van der Waals surface area contributed by atoms with Crippen molar-refractivity contribution in [2.45, 2.75) is 52.4 Å². The molecular weight excluding hydrogens is 120 g/mol. The van der Waals surface area contributed by atoms with E-state index in [2.05, 4.69) is 6.58 Å². The van der Waals surface area contributed by atoms with Crippen LogP contribution in [-0.2, 0) is 0 Å². The van der Waals surface area contributed by atoms with Gasteiger partial charge in [-0.3, -0.25) is 0 Å². The number of allylic oxidation sites excluding steroid dienone is 1. The van der Waals surface area contributed by atoms with Gasteiger partial charge in [0, 0.05) is 0 Å². The minimum Gasteiger partial charge on any atom is -0.100 e. The Labute approximate surface area is 65.3 Å². The SMILES string of the molecule is C1CCCCC1.C=C(C)C. The Balaban J connectivity index is 0.000000180. The second-order valence-electron chi connectivity index (χ2n) is 3.33. The Morgan fingerprint density at radius 2 is 0.900 bits per heavy atom. The molecule has 0 saturated heterocycles. The van der Waals surface area contributed by atoms with Gasteiger partial charge in [-0.15, -0.1) is 6.58 Å². The summed E-state index contributed by atoms with van der Waals surface area (Å²) < 4.78 is 0. The second-order valence-corrected chi connectivity index (χ2v) is 3.33. The van der Waals surface area contributed by atoms with E-state index in [9.17, 15) is 0 Å². The standard InChI is InChI=1S/C6H12.C4H8/c1-2-4-6-5-3-1;1-4(2)3/h1-6H2;1H2,2-3H3. The third kappa shape index (κ3) is 10.7. The lowest BCUT2D eigenvalue weighted by atomic mass is 10.0. The molecule has 60 valence electrons. The van der Waals surface area contributed by atoms with Crippen LogP contribution in [-0.4, -0.2) is 0 Å². The molecule has 1 rings (SSSR count). The smallest absolute Gasteiger partial charge is 0.0445 e. The lowest BCUT2D eigenvalue weighted by molar-refractivity contribution is 0.504. The van der Waals surface area contributed by atoms with Gasteiger partial charge in [0.25, 0.3) is 0 Å². The molecule has 0 heteroatoms. The topological polar surface area (TPSA) is 0 Å². The van der Waals surface area contributed by atoms with Gasteiger partial charge < -0.3 is 0 Å². The van der Waals surface area contributed by atoms with Crippen LogP contribution in [0.3, 0.4) is 0 Å². The fraction of sp³-hybridized carbons (Fsp3) is 0.800. The lowest BCUT2D eigenvalue weighted by Crippen LogP contribution is -1.85. The van der Waals surface area contributed by atoms with Crippen molar-refractivity contribution in [2.24, 2.45) is 0 Å². The predicted octanol–water partition coefficient (Wildman–Crippen LogP) is 3.92. The number of hydrogen-bond acceptors (Lipinski definition) is 0. The second kappa shape index (κ2) is 6.85.